The van der Waals surface area contributed by atoms with E-state index in [1.165, 1.54) is 6.07 Å². The molecule has 0 aromatic heterocycles. The van der Waals surface area contributed by atoms with Crippen LogP contribution in [0.1, 0.15) is 35.7 Å². The first-order valence-electron chi connectivity index (χ1n) is 7.62. The second-order valence-electron chi connectivity index (χ2n) is 5.94. The van der Waals surface area contributed by atoms with Crippen LogP contribution in [-0.4, -0.2) is 46.7 Å². The summed E-state index contributed by atoms with van der Waals surface area (Å²) < 4.78 is 37.2. The minimum absolute atomic E-state index is 0.166. The van der Waals surface area contributed by atoms with Crippen molar-refractivity contribution >= 4 is 11.9 Å². The zero-order valence-corrected chi connectivity index (χ0v) is 13.1. The summed E-state index contributed by atoms with van der Waals surface area (Å²) >= 11 is 0. The van der Waals surface area contributed by atoms with Crippen molar-refractivity contribution in [3.8, 4) is 0 Å². The minimum Gasteiger partial charge on any atom is -0.478 e. The van der Waals surface area contributed by atoms with Crippen molar-refractivity contribution in [1.29, 1.82) is 0 Å². The monoisotopic (exact) mass is 344 g/mol. The zero-order chi connectivity index (χ0) is 17.9. The molecule has 1 aromatic carbocycles. The number of benzene rings is 1. The van der Waals surface area contributed by atoms with E-state index >= 15 is 0 Å². The molecule has 1 saturated heterocycles. The SMILES string of the molecule is C[C@@H]1[C@H](NC(=O)C(F)(F)F)CCCN1Cc1cccc(C(=O)O)c1. The van der Waals surface area contributed by atoms with Gasteiger partial charge in [-0.1, -0.05) is 12.1 Å². The predicted octanol–water partition coefficient (Wildman–Crippen LogP) is 2.42. The molecule has 1 fully saturated rings. The highest BCUT2D eigenvalue weighted by atomic mass is 19.4. The molecule has 0 unspecified atom stereocenters. The fourth-order valence-electron chi connectivity index (χ4n) is 2.92. The van der Waals surface area contributed by atoms with Gasteiger partial charge in [0.1, 0.15) is 0 Å². The lowest BCUT2D eigenvalue weighted by Gasteiger charge is -2.39. The summed E-state index contributed by atoms with van der Waals surface area (Å²) in [7, 11) is 0. The third-order valence-corrected chi connectivity index (χ3v) is 4.25. The van der Waals surface area contributed by atoms with Gasteiger partial charge < -0.3 is 10.4 Å². The van der Waals surface area contributed by atoms with E-state index in [0.29, 0.717) is 25.9 Å². The lowest BCUT2D eigenvalue weighted by Crippen LogP contribution is -2.55. The molecule has 1 aromatic rings. The van der Waals surface area contributed by atoms with Crippen LogP contribution in [0.25, 0.3) is 0 Å². The van der Waals surface area contributed by atoms with Crippen LogP contribution in [0.15, 0.2) is 24.3 Å². The van der Waals surface area contributed by atoms with E-state index in [-0.39, 0.29) is 11.6 Å². The number of nitrogens with one attached hydrogen (secondary N) is 1. The Hall–Kier alpha value is -2.09. The number of nitrogens with zero attached hydrogens (tertiary/aromatic N) is 1. The molecule has 0 bridgehead atoms. The van der Waals surface area contributed by atoms with Crippen LogP contribution in [0.2, 0.25) is 0 Å². The molecule has 8 heteroatoms. The molecule has 5 nitrogen and oxygen atoms in total. The smallest absolute Gasteiger partial charge is 0.471 e. The molecule has 24 heavy (non-hydrogen) atoms. The molecule has 1 aliphatic heterocycles. The van der Waals surface area contributed by atoms with Crippen molar-refractivity contribution in [3.05, 3.63) is 35.4 Å². The summed E-state index contributed by atoms with van der Waals surface area (Å²) in [6.45, 7) is 2.86. The number of carboxylic acid groups (broad SMARTS) is 1. The summed E-state index contributed by atoms with van der Waals surface area (Å²) in [5.41, 5.74) is 0.934. The Morgan fingerprint density at radius 3 is 2.71 bits per heavy atom. The average Bonchev–Trinajstić information content (AvgIpc) is 2.50. The Balaban J connectivity index is 2.04. The molecule has 0 radical (unpaired) electrons. The van der Waals surface area contributed by atoms with Crippen LogP contribution in [0.5, 0.6) is 0 Å². The van der Waals surface area contributed by atoms with Crippen molar-refractivity contribution in [2.45, 2.75) is 44.6 Å². The standard InChI is InChI=1S/C16H19F3N2O3/c1-10-13(20-15(24)16(17,18)19)6-3-7-21(10)9-11-4-2-5-12(8-11)14(22)23/h2,4-5,8,10,13H,3,6-7,9H2,1H3,(H,20,24)(H,22,23)/t10-,13-/m1/s1. The van der Waals surface area contributed by atoms with Gasteiger partial charge in [0.2, 0.25) is 0 Å². The van der Waals surface area contributed by atoms with E-state index in [2.05, 4.69) is 5.32 Å². The molecule has 1 aliphatic rings. The number of carboxylic acids is 1. The van der Waals surface area contributed by atoms with Gasteiger partial charge in [-0.15, -0.1) is 0 Å². The van der Waals surface area contributed by atoms with E-state index in [1.54, 1.807) is 25.1 Å². The fraction of sp³-hybridized carbons (Fsp3) is 0.500. The number of alkyl halides is 3. The van der Waals surface area contributed by atoms with E-state index in [0.717, 1.165) is 5.56 Å². The number of piperidine rings is 1. The minimum atomic E-state index is -4.89. The highest BCUT2D eigenvalue weighted by Crippen LogP contribution is 2.22. The van der Waals surface area contributed by atoms with Crippen molar-refractivity contribution in [3.63, 3.8) is 0 Å². The molecule has 2 N–H and O–H groups in total. The summed E-state index contributed by atoms with van der Waals surface area (Å²) in [4.78, 5) is 24.1. The van der Waals surface area contributed by atoms with Gasteiger partial charge in [0.05, 0.1) is 5.56 Å². The van der Waals surface area contributed by atoms with E-state index in [1.807, 2.05) is 4.90 Å². The second-order valence-corrected chi connectivity index (χ2v) is 5.94. The van der Waals surface area contributed by atoms with Gasteiger partial charge in [-0.05, 0) is 44.0 Å². The van der Waals surface area contributed by atoms with Gasteiger partial charge in [0, 0.05) is 18.6 Å². The summed E-state index contributed by atoms with van der Waals surface area (Å²) in [6, 6.07) is 5.58. The van der Waals surface area contributed by atoms with Crippen LogP contribution in [0.4, 0.5) is 13.2 Å². The van der Waals surface area contributed by atoms with E-state index in [9.17, 15) is 22.8 Å². The Labute approximate surface area is 137 Å². The van der Waals surface area contributed by atoms with Crippen molar-refractivity contribution in [1.82, 2.24) is 10.2 Å². The Morgan fingerprint density at radius 2 is 2.08 bits per heavy atom. The van der Waals surface area contributed by atoms with Gasteiger partial charge in [-0.25, -0.2) is 4.79 Å². The first kappa shape index (κ1) is 18.3. The van der Waals surface area contributed by atoms with Crippen LogP contribution >= 0.6 is 0 Å². The van der Waals surface area contributed by atoms with Gasteiger partial charge in [0.25, 0.3) is 0 Å². The van der Waals surface area contributed by atoms with Crippen LogP contribution in [0, 0.1) is 0 Å². The average molecular weight is 344 g/mol. The number of rotatable bonds is 4. The van der Waals surface area contributed by atoms with Gasteiger partial charge >= 0.3 is 18.1 Å². The number of halogens is 3. The molecule has 2 rings (SSSR count). The highest BCUT2D eigenvalue weighted by Gasteiger charge is 2.41. The highest BCUT2D eigenvalue weighted by molar-refractivity contribution is 5.87. The van der Waals surface area contributed by atoms with E-state index in [4.69, 9.17) is 5.11 Å². The maximum Gasteiger partial charge on any atom is 0.471 e. The Bertz CT molecular complexity index is 619. The second kappa shape index (κ2) is 7.21. The molecule has 0 saturated carbocycles. The summed E-state index contributed by atoms with van der Waals surface area (Å²) in [5, 5.41) is 11.1. The molecule has 1 amide bonds. The molecular weight excluding hydrogens is 325 g/mol. The van der Waals surface area contributed by atoms with Crippen LogP contribution in [-0.2, 0) is 11.3 Å². The van der Waals surface area contributed by atoms with Gasteiger partial charge in [-0.2, -0.15) is 13.2 Å². The molecule has 2 atom stereocenters. The number of likely N-dealkylation sites (tertiary alicyclic amines) is 1. The number of hydrogen-bond acceptors (Lipinski definition) is 3. The van der Waals surface area contributed by atoms with Crippen molar-refractivity contribution in [2.75, 3.05) is 6.54 Å². The number of aromatic carboxylic acids is 1. The quantitative estimate of drug-likeness (QED) is 0.880. The lowest BCUT2D eigenvalue weighted by atomic mass is 9.96. The third kappa shape index (κ3) is 4.47. The van der Waals surface area contributed by atoms with Crippen LogP contribution < -0.4 is 5.32 Å². The third-order valence-electron chi connectivity index (χ3n) is 4.25. The number of hydrogen-bond donors (Lipinski definition) is 2. The maximum atomic E-state index is 12.4. The van der Waals surface area contributed by atoms with Crippen molar-refractivity contribution in [2.24, 2.45) is 0 Å². The molecule has 0 aliphatic carbocycles. The topological polar surface area (TPSA) is 69.6 Å². The fourth-order valence-corrected chi connectivity index (χ4v) is 2.92. The van der Waals surface area contributed by atoms with E-state index < -0.39 is 24.1 Å². The molecule has 1 heterocycles. The van der Waals surface area contributed by atoms with Gasteiger partial charge in [0.15, 0.2) is 0 Å². The molecule has 132 valence electrons. The molecular formula is C16H19F3N2O3. The Morgan fingerprint density at radius 1 is 1.38 bits per heavy atom. The summed E-state index contributed by atoms with van der Waals surface area (Å²) in [6.07, 6.45) is -3.75. The first-order chi connectivity index (χ1) is 11.2. The molecule has 0 spiro atoms. The summed E-state index contributed by atoms with van der Waals surface area (Å²) in [5.74, 6) is -2.95. The number of amides is 1. The lowest BCUT2D eigenvalue weighted by molar-refractivity contribution is -0.175. The maximum absolute atomic E-state index is 12.4. The van der Waals surface area contributed by atoms with Crippen molar-refractivity contribution < 1.29 is 27.9 Å². The number of carbonyl (C=O) groups is 2. The predicted molar refractivity (Wildman–Crippen MR) is 80.5 cm³/mol. The number of carbonyl (C=O) groups excluding carboxylic acids is 1. The Kier molecular flexibility index (Phi) is 5.48. The van der Waals surface area contributed by atoms with Crippen LogP contribution in [0.3, 0.4) is 0 Å². The normalized spacial score (nSPS) is 22.2. The van der Waals surface area contributed by atoms with Gasteiger partial charge in [-0.3, -0.25) is 9.69 Å². The zero-order valence-electron chi connectivity index (χ0n) is 13.1. The first-order valence-corrected chi connectivity index (χ1v) is 7.62. The largest absolute Gasteiger partial charge is 0.478 e.